The van der Waals surface area contributed by atoms with Crippen LogP contribution in [0.25, 0.3) is 0 Å². The largest absolute Gasteiger partial charge is 0.467 e. The Balaban J connectivity index is 2.87. The van der Waals surface area contributed by atoms with Crippen LogP contribution in [0.1, 0.15) is 19.8 Å². The van der Waals surface area contributed by atoms with Gasteiger partial charge in [-0.05, 0) is 6.92 Å². The minimum absolute atomic E-state index is 0.0435. The Morgan fingerprint density at radius 1 is 1.27 bits per heavy atom. The molecule has 0 unspecified atom stereocenters. The van der Waals surface area contributed by atoms with Crippen LogP contribution < -0.4 is 0 Å². The summed E-state index contributed by atoms with van der Waals surface area (Å²) in [6.45, 7) is 1.69. The molecule has 0 amide bonds. The van der Waals surface area contributed by atoms with Gasteiger partial charge >= 0.3 is 11.9 Å². The molecule has 84 valence electrons. The van der Waals surface area contributed by atoms with Crippen molar-refractivity contribution >= 4 is 11.9 Å². The van der Waals surface area contributed by atoms with Crippen LogP contribution in [0.5, 0.6) is 0 Å². The van der Waals surface area contributed by atoms with Gasteiger partial charge in [-0.1, -0.05) is 5.57 Å². The number of carbonyl (C=O) groups excluding carboxylic acids is 2. The van der Waals surface area contributed by atoms with Gasteiger partial charge in [-0.15, -0.1) is 0 Å². The van der Waals surface area contributed by atoms with Crippen molar-refractivity contribution in [3.05, 3.63) is 11.1 Å². The molecule has 0 heterocycles. The first-order chi connectivity index (χ1) is 6.94. The second-order valence-corrected chi connectivity index (χ2v) is 3.63. The van der Waals surface area contributed by atoms with Crippen LogP contribution >= 0.6 is 0 Å². The summed E-state index contributed by atoms with van der Waals surface area (Å²) in [5, 5.41) is 9.92. The molecule has 1 rings (SSSR count). The fourth-order valence-corrected chi connectivity index (χ4v) is 1.76. The van der Waals surface area contributed by atoms with Gasteiger partial charge in [0.2, 0.25) is 0 Å². The van der Waals surface area contributed by atoms with E-state index in [9.17, 15) is 14.7 Å². The number of ether oxygens (including phenoxy) is 2. The van der Waals surface area contributed by atoms with Gasteiger partial charge in [0.15, 0.2) is 5.60 Å². The second kappa shape index (κ2) is 4.02. The summed E-state index contributed by atoms with van der Waals surface area (Å²) in [6.07, 6.45) is 0.0717. The molecule has 0 fully saturated rings. The number of rotatable bonds is 2. The third kappa shape index (κ3) is 2.02. The van der Waals surface area contributed by atoms with Crippen molar-refractivity contribution < 1.29 is 24.2 Å². The van der Waals surface area contributed by atoms with E-state index >= 15 is 0 Å². The third-order valence-electron chi connectivity index (χ3n) is 2.54. The summed E-state index contributed by atoms with van der Waals surface area (Å²) in [7, 11) is 2.46. The fraction of sp³-hybridized carbons (Fsp3) is 0.600. The van der Waals surface area contributed by atoms with Crippen molar-refractivity contribution in [2.75, 3.05) is 14.2 Å². The molecule has 1 N–H and O–H groups in total. The van der Waals surface area contributed by atoms with E-state index < -0.39 is 17.5 Å². The highest BCUT2D eigenvalue weighted by molar-refractivity contribution is 5.93. The maximum Gasteiger partial charge on any atom is 0.338 e. The zero-order valence-corrected chi connectivity index (χ0v) is 8.99. The lowest BCUT2D eigenvalue weighted by molar-refractivity contribution is -0.161. The van der Waals surface area contributed by atoms with Crippen molar-refractivity contribution in [1.82, 2.24) is 0 Å². The Bertz CT molecular complexity index is 331. The van der Waals surface area contributed by atoms with E-state index in [4.69, 9.17) is 0 Å². The summed E-state index contributed by atoms with van der Waals surface area (Å²) < 4.78 is 9.03. The minimum Gasteiger partial charge on any atom is -0.467 e. The monoisotopic (exact) mass is 214 g/mol. The van der Waals surface area contributed by atoms with Crippen LogP contribution in [0.4, 0.5) is 0 Å². The van der Waals surface area contributed by atoms with Gasteiger partial charge in [-0.3, -0.25) is 0 Å². The number of hydrogen-bond donors (Lipinski definition) is 1. The molecule has 0 saturated heterocycles. The Morgan fingerprint density at radius 2 is 1.87 bits per heavy atom. The van der Waals surface area contributed by atoms with E-state index in [0.29, 0.717) is 11.1 Å². The topological polar surface area (TPSA) is 72.8 Å². The molecule has 0 spiro atoms. The van der Waals surface area contributed by atoms with Crippen LogP contribution in [0.2, 0.25) is 0 Å². The zero-order chi connectivity index (χ0) is 11.6. The summed E-state index contributed by atoms with van der Waals surface area (Å²) in [5.74, 6) is -1.23. The second-order valence-electron chi connectivity index (χ2n) is 3.63. The Kier molecular flexibility index (Phi) is 3.14. The zero-order valence-electron chi connectivity index (χ0n) is 8.99. The number of aliphatic hydroxyl groups is 1. The molecule has 5 heteroatoms. The van der Waals surface area contributed by atoms with E-state index in [-0.39, 0.29) is 12.8 Å². The average molecular weight is 214 g/mol. The lowest BCUT2D eigenvalue weighted by Crippen LogP contribution is -2.37. The van der Waals surface area contributed by atoms with Gasteiger partial charge < -0.3 is 14.6 Å². The highest BCUT2D eigenvalue weighted by Gasteiger charge is 2.45. The molecule has 0 aromatic carbocycles. The van der Waals surface area contributed by atoms with Crippen LogP contribution in [0.15, 0.2) is 11.1 Å². The van der Waals surface area contributed by atoms with Gasteiger partial charge in [-0.2, -0.15) is 0 Å². The van der Waals surface area contributed by atoms with Crippen molar-refractivity contribution in [3.8, 4) is 0 Å². The summed E-state index contributed by atoms with van der Waals surface area (Å²) in [4.78, 5) is 22.6. The van der Waals surface area contributed by atoms with Crippen LogP contribution in [0, 0.1) is 0 Å². The number of methoxy groups -OCH3 is 2. The number of esters is 2. The summed E-state index contributed by atoms with van der Waals surface area (Å²) >= 11 is 0. The van der Waals surface area contributed by atoms with Crippen molar-refractivity contribution in [3.63, 3.8) is 0 Å². The molecule has 0 aliphatic heterocycles. The molecular formula is C10H14O5. The lowest BCUT2D eigenvalue weighted by Gasteiger charge is -2.19. The highest BCUT2D eigenvalue weighted by Crippen LogP contribution is 2.36. The minimum atomic E-state index is -1.61. The van der Waals surface area contributed by atoms with Crippen LogP contribution in [-0.4, -0.2) is 36.9 Å². The molecule has 5 nitrogen and oxygen atoms in total. The molecule has 0 aromatic rings. The maximum absolute atomic E-state index is 11.3. The Labute approximate surface area is 87.7 Å². The molecule has 0 aromatic heterocycles. The molecule has 15 heavy (non-hydrogen) atoms. The molecular weight excluding hydrogens is 200 g/mol. The Morgan fingerprint density at radius 3 is 2.33 bits per heavy atom. The first-order valence-electron chi connectivity index (χ1n) is 4.52. The Hall–Kier alpha value is -1.36. The van der Waals surface area contributed by atoms with Crippen LogP contribution in [0.3, 0.4) is 0 Å². The van der Waals surface area contributed by atoms with E-state index in [1.807, 2.05) is 0 Å². The van der Waals surface area contributed by atoms with E-state index in [1.165, 1.54) is 14.2 Å². The van der Waals surface area contributed by atoms with Crippen molar-refractivity contribution in [1.29, 1.82) is 0 Å². The van der Waals surface area contributed by atoms with Crippen molar-refractivity contribution in [2.24, 2.45) is 0 Å². The summed E-state index contributed by atoms with van der Waals surface area (Å²) in [5.41, 5.74) is -0.595. The predicted octanol–water partition coefficient (Wildman–Crippen LogP) is 0.174. The molecule has 1 aliphatic carbocycles. The average Bonchev–Trinajstić information content (AvgIpc) is 2.53. The van der Waals surface area contributed by atoms with Gasteiger partial charge in [0.25, 0.3) is 0 Å². The van der Waals surface area contributed by atoms with Gasteiger partial charge in [0, 0.05) is 18.4 Å². The highest BCUT2D eigenvalue weighted by atomic mass is 16.5. The predicted molar refractivity (Wildman–Crippen MR) is 50.9 cm³/mol. The maximum atomic E-state index is 11.3. The van der Waals surface area contributed by atoms with E-state index in [2.05, 4.69) is 9.47 Å². The molecule has 1 aliphatic rings. The first kappa shape index (κ1) is 11.7. The summed E-state index contributed by atoms with van der Waals surface area (Å²) in [6, 6.07) is 0. The normalized spacial score (nSPS) is 25.3. The van der Waals surface area contributed by atoms with Gasteiger partial charge in [-0.25, -0.2) is 9.59 Å². The quantitative estimate of drug-likeness (QED) is 0.663. The van der Waals surface area contributed by atoms with Gasteiger partial charge in [0.1, 0.15) is 0 Å². The molecule has 0 radical (unpaired) electrons. The van der Waals surface area contributed by atoms with Crippen molar-refractivity contribution in [2.45, 2.75) is 25.4 Å². The SMILES string of the molecule is COC(=O)C1=C(C)C[C@](O)(C(=O)OC)C1. The van der Waals surface area contributed by atoms with Crippen LogP contribution in [-0.2, 0) is 19.1 Å². The third-order valence-corrected chi connectivity index (χ3v) is 2.54. The van der Waals surface area contributed by atoms with Gasteiger partial charge in [0.05, 0.1) is 14.2 Å². The van der Waals surface area contributed by atoms with E-state index in [1.54, 1.807) is 6.92 Å². The number of carbonyl (C=O) groups is 2. The van der Waals surface area contributed by atoms with E-state index in [0.717, 1.165) is 0 Å². The fourth-order valence-electron chi connectivity index (χ4n) is 1.76. The molecule has 1 atom stereocenters. The first-order valence-corrected chi connectivity index (χ1v) is 4.52. The smallest absolute Gasteiger partial charge is 0.338 e. The number of hydrogen-bond acceptors (Lipinski definition) is 5. The molecule has 0 bridgehead atoms. The molecule has 0 saturated carbocycles. The standard InChI is InChI=1S/C10H14O5/c1-6-4-10(13,9(12)15-3)5-7(6)8(11)14-2/h13H,4-5H2,1-3H3/t10-/m1/s1. The lowest BCUT2D eigenvalue weighted by atomic mass is 9.99.